The highest BCUT2D eigenvalue weighted by Gasteiger charge is 2.34. The summed E-state index contributed by atoms with van der Waals surface area (Å²) in [6, 6.07) is 8.95. The largest absolute Gasteiger partial charge is 0.431 e. The van der Waals surface area contributed by atoms with Gasteiger partial charge in [0.15, 0.2) is 0 Å². The molecule has 0 bridgehead atoms. The molecule has 1 saturated heterocycles. The Morgan fingerprint density at radius 2 is 2.05 bits per heavy atom. The van der Waals surface area contributed by atoms with E-state index >= 15 is 0 Å². The van der Waals surface area contributed by atoms with Crippen LogP contribution < -0.4 is 10.9 Å². The van der Waals surface area contributed by atoms with Crippen LogP contribution in [0.15, 0.2) is 41.3 Å². The molecule has 1 fully saturated rings. The zero-order chi connectivity index (χ0) is 27.2. The van der Waals surface area contributed by atoms with Gasteiger partial charge >= 0.3 is 6.18 Å². The summed E-state index contributed by atoms with van der Waals surface area (Å²) in [6.07, 6.45) is -2.01. The first-order valence-electron chi connectivity index (χ1n) is 11.9. The standard InChI is InChI=1S/C26H23F3N6O3/c1-14-9-16(7-8-38-14)35-22(32-20-13-31-18-4-3-15(12-30)10-17(18)24(20)35)11-23(36)33-19-5-6-21(26(27,28)29)34(2)25(19)37/h3-6,10,13-14,16H,7-9,11H2,1-2H3,(H,33,36)/t14-,16-/m1/s1. The van der Waals surface area contributed by atoms with Crippen molar-refractivity contribution in [3.05, 3.63) is 64.0 Å². The summed E-state index contributed by atoms with van der Waals surface area (Å²) in [5, 5.41) is 12.6. The molecule has 12 heteroatoms. The predicted molar refractivity (Wildman–Crippen MR) is 132 cm³/mol. The maximum atomic E-state index is 13.1. The highest BCUT2D eigenvalue weighted by Crippen LogP contribution is 2.34. The number of aromatic nitrogens is 4. The lowest BCUT2D eigenvalue weighted by Crippen LogP contribution is -2.30. The SMILES string of the molecule is C[C@@H]1C[C@H](n2c(CC(=O)Nc3ccc(C(F)(F)F)n(C)c3=O)nc3cnc4ccc(C#N)cc4c32)CCO1. The zero-order valence-corrected chi connectivity index (χ0v) is 20.5. The number of pyridine rings is 2. The van der Waals surface area contributed by atoms with Gasteiger partial charge in [-0.3, -0.25) is 14.6 Å². The number of carbonyl (C=O) groups excluding carboxylic acids is 1. The molecule has 0 spiro atoms. The van der Waals surface area contributed by atoms with Crippen molar-refractivity contribution in [1.29, 1.82) is 5.26 Å². The molecule has 3 aromatic heterocycles. The van der Waals surface area contributed by atoms with Crippen molar-refractivity contribution in [2.75, 3.05) is 11.9 Å². The van der Waals surface area contributed by atoms with Gasteiger partial charge < -0.3 is 19.2 Å². The van der Waals surface area contributed by atoms with E-state index in [0.29, 0.717) is 46.4 Å². The average molecular weight is 525 g/mol. The van der Waals surface area contributed by atoms with Crippen LogP contribution in [0.5, 0.6) is 0 Å². The van der Waals surface area contributed by atoms with Gasteiger partial charge in [0.2, 0.25) is 5.91 Å². The van der Waals surface area contributed by atoms with E-state index in [4.69, 9.17) is 4.74 Å². The molecule has 1 amide bonds. The van der Waals surface area contributed by atoms with Gasteiger partial charge in [-0.05, 0) is 50.1 Å². The van der Waals surface area contributed by atoms with Crippen LogP contribution in [0.4, 0.5) is 18.9 Å². The van der Waals surface area contributed by atoms with Crippen LogP contribution in [0.1, 0.15) is 42.9 Å². The lowest BCUT2D eigenvalue weighted by Gasteiger charge is -2.30. The zero-order valence-electron chi connectivity index (χ0n) is 20.5. The lowest BCUT2D eigenvalue weighted by molar-refractivity contribution is -0.143. The van der Waals surface area contributed by atoms with Crippen LogP contribution in [0.25, 0.3) is 21.9 Å². The van der Waals surface area contributed by atoms with E-state index in [1.54, 1.807) is 24.4 Å². The summed E-state index contributed by atoms with van der Waals surface area (Å²) < 4.78 is 47.5. The van der Waals surface area contributed by atoms with Gasteiger partial charge in [-0.1, -0.05) is 0 Å². The molecule has 196 valence electrons. The molecule has 1 aliphatic heterocycles. The average Bonchev–Trinajstić information content (AvgIpc) is 3.24. The van der Waals surface area contributed by atoms with Gasteiger partial charge in [-0.25, -0.2) is 4.98 Å². The van der Waals surface area contributed by atoms with Crippen molar-refractivity contribution in [2.24, 2.45) is 7.05 Å². The Morgan fingerprint density at radius 1 is 1.26 bits per heavy atom. The molecular weight excluding hydrogens is 501 g/mol. The molecule has 38 heavy (non-hydrogen) atoms. The second kappa shape index (κ2) is 9.57. The fraction of sp³-hybridized carbons (Fsp3) is 0.346. The molecule has 4 aromatic rings. The fourth-order valence-electron chi connectivity index (χ4n) is 4.97. The molecule has 9 nitrogen and oxygen atoms in total. The smallest absolute Gasteiger partial charge is 0.378 e. The number of hydrogen-bond acceptors (Lipinski definition) is 6. The van der Waals surface area contributed by atoms with Crippen molar-refractivity contribution < 1.29 is 22.7 Å². The van der Waals surface area contributed by atoms with Gasteiger partial charge in [0.05, 0.1) is 41.4 Å². The predicted octanol–water partition coefficient (Wildman–Crippen LogP) is 4.09. The third-order valence-electron chi connectivity index (χ3n) is 6.73. The summed E-state index contributed by atoms with van der Waals surface area (Å²) in [7, 11) is 1.00. The summed E-state index contributed by atoms with van der Waals surface area (Å²) >= 11 is 0. The third-order valence-corrected chi connectivity index (χ3v) is 6.73. The number of anilines is 1. The van der Waals surface area contributed by atoms with Crippen LogP contribution in [-0.2, 0) is 29.2 Å². The first-order chi connectivity index (χ1) is 18.1. The number of alkyl halides is 3. The summed E-state index contributed by atoms with van der Waals surface area (Å²) in [5.74, 6) is -0.189. The van der Waals surface area contributed by atoms with Gasteiger partial charge in [0.1, 0.15) is 22.7 Å². The number of ether oxygens (including phenoxy) is 1. The van der Waals surface area contributed by atoms with Crippen LogP contribution >= 0.6 is 0 Å². The molecule has 0 aliphatic carbocycles. The second-order valence-electron chi connectivity index (χ2n) is 9.31. The molecule has 0 saturated carbocycles. The highest BCUT2D eigenvalue weighted by atomic mass is 19.4. The van der Waals surface area contributed by atoms with Gasteiger partial charge in [-0.15, -0.1) is 0 Å². The number of benzene rings is 1. The number of nitrogens with zero attached hydrogens (tertiary/aromatic N) is 5. The van der Waals surface area contributed by atoms with Crippen LogP contribution in [-0.4, -0.2) is 37.7 Å². The number of hydrogen-bond donors (Lipinski definition) is 1. The number of halogens is 3. The quantitative estimate of drug-likeness (QED) is 0.430. The molecule has 0 radical (unpaired) electrons. The van der Waals surface area contributed by atoms with E-state index in [0.717, 1.165) is 30.1 Å². The number of carbonyl (C=O) groups is 1. The maximum Gasteiger partial charge on any atom is 0.431 e. The normalized spacial score (nSPS) is 18.0. The van der Waals surface area contributed by atoms with Crippen molar-refractivity contribution in [3.8, 4) is 6.07 Å². The Kier molecular flexibility index (Phi) is 6.40. The fourth-order valence-corrected chi connectivity index (χ4v) is 4.97. The van der Waals surface area contributed by atoms with E-state index in [1.807, 2.05) is 11.5 Å². The van der Waals surface area contributed by atoms with Crippen LogP contribution in [0.3, 0.4) is 0 Å². The van der Waals surface area contributed by atoms with Crippen LogP contribution in [0.2, 0.25) is 0 Å². The molecular formula is C26H23F3N6O3. The number of amides is 1. The van der Waals surface area contributed by atoms with E-state index in [2.05, 4.69) is 21.4 Å². The molecule has 1 aromatic carbocycles. The molecule has 2 atom stereocenters. The van der Waals surface area contributed by atoms with E-state index < -0.39 is 23.3 Å². The molecule has 4 heterocycles. The van der Waals surface area contributed by atoms with Gasteiger partial charge in [0, 0.05) is 25.1 Å². The minimum Gasteiger partial charge on any atom is -0.378 e. The third kappa shape index (κ3) is 4.61. The second-order valence-corrected chi connectivity index (χ2v) is 9.31. The van der Waals surface area contributed by atoms with Gasteiger partial charge in [0.25, 0.3) is 5.56 Å². The van der Waals surface area contributed by atoms with E-state index in [-0.39, 0.29) is 24.3 Å². The van der Waals surface area contributed by atoms with Crippen molar-refractivity contribution in [1.82, 2.24) is 19.1 Å². The Balaban J connectivity index is 1.56. The topological polar surface area (TPSA) is 115 Å². The highest BCUT2D eigenvalue weighted by molar-refractivity contribution is 6.03. The maximum absolute atomic E-state index is 13.1. The summed E-state index contributed by atoms with van der Waals surface area (Å²) in [5.41, 5.74) is 0.0450. The Labute approximate surface area is 214 Å². The number of imidazole rings is 1. The monoisotopic (exact) mass is 524 g/mol. The molecule has 1 N–H and O–H groups in total. The molecule has 0 unspecified atom stereocenters. The van der Waals surface area contributed by atoms with E-state index in [9.17, 15) is 28.0 Å². The Morgan fingerprint density at radius 3 is 2.76 bits per heavy atom. The summed E-state index contributed by atoms with van der Waals surface area (Å²) in [4.78, 5) is 34.7. The minimum atomic E-state index is -4.70. The van der Waals surface area contributed by atoms with Crippen LogP contribution in [0, 0.1) is 11.3 Å². The Bertz CT molecular complexity index is 1670. The summed E-state index contributed by atoms with van der Waals surface area (Å²) in [6.45, 7) is 2.48. The number of nitrogens with one attached hydrogen (secondary N) is 1. The Hall–Kier alpha value is -4.24. The minimum absolute atomic E-state index is 0.0224. The van der Waals surface area contributed by atoms with E-state index in [1.165, 1.54) is 0 Å². The number of nitriles is 1. The van der Waals surface area contributed by atoms with Crippen molar-refractivity contribution >= 4 is 33.5 Å². The molecule has 5 rings (SSSR count). The lowest BCUT2D eigenvalue weighted by atomic mass is 10.0. The van der Waals surface area contributed by atoms with Crippen molar-refractivity contribution in [3.63, 3.8) is 0 Å². The van der Waals surface area contributed by atoms with Crippen molar-refractivity contribution in [2.45, 2.75) is 44.5 Å². The first kappa shape index (κ1) is 25.4. The molecule has 1 aliphatic rings. The first-order valence-corrected chi connectivity index (χ1v) is 11.9. The number of fused-ring (bicyclic) bond motifs is 3. The number of rotatable bonds is 4. The van der Waals surface area contributed by atoms with Gasteiger partial charge in [-0.2, -0.15) is 18.4 Å².